The lowest BCUT2D eigenvalue weighted by Crippen LogP contribution is -2.51. The molecule has 0 saturated carbocycles. The highest BCUT2D eigenvalue weighted by atomic mass is 32.2. The van der Waals surface area contributed by atoms with E-state index >= 15 is 4.39 Å². The van der Waals surface area contributed by atoms with Gasteiger partial charge in [-0.2, -0.15) is 0 Å². The van der Waals surface area contributed by atoms with Crippen LogP contribution in [0.5, 0.6) is 0 Å². The van der Waals surface area contributed by atoms with Crippen molar-refractivity contribution in [1.29, 1.82) is 0 Å². The number of hydrogen-bond donors (Lipinski definition) is 3. The van der Waals surface area contributed by atoms with Crippen LogP contribution in [0.2, 0.25) is 0 Å². The van der Waals surface area contributed by atoms with Gasteiger partial charge in [-0.1, -0.05) is 63.9 Å². The van der Waals surface area contributed by atoms with Crippen molar-refractivity contribution < 1.29 is 18.8 Å². The third kappa shape index (κ3) is 12.8. The van der Waals surface area contributed by atoms with Crippen LogP contribution in [0.15, 0.2) is 85.1 Å². The van der Waals surface area contributed by atoms with Crippen LogP contribution >= 0.6 is 23.3 Å². The van der Waals surface area contributed by atoms with E-state index in [9.17, 15) is 14.4 Å². The van der Waals surface area contributed by atoms with Gasteiger partial charge in [-0.15, -0.1) is 11.3 Å². The average molecular weight is 894 g/mol. The quantitative estimate of drug-likeness (QED) is 0.0527. The molecule has 2 aliphatic heterocycles. The predicted octanol–water partition coefficient (Wildman–Crippen LogP) is 9.58. The van der Waals surface area contributed by atoms with Crippen molar-refractivity contribution >= 4 is 70.1 Å². The van der Waals surface area contributed by atoms with Crippen LogP contribution < -0.4 is 25.2 Å². The number of carbonyl (C=O) groups excluding carboxylic acids is 3. The summed E-state index contributed by atoms with van der Waals surface area (Å²) in [6.45, 7) is 13.4. The van der Waals surface area contributed by atoms with Gasteiger partial charge in [0.2, 0.25) is 17.8 Å². The lowest BCUT2D eigenvalue weighted by atomic mass is 9.94. The first-order valence-electron chi connectivity index (χ1n) is 21.9. The van der Waals surface area contributed by atoms with Gasteiger partial charge < -0.3 is 34.8 Å². The van der Waals surface area contributed by atoms with Gasteiger partial charge in [0.15, 0.2) is 5.82 Å². The van der Waals surface area contributed by atoms with Gasteiger partial charge in [0, 0.05) is 105 Å². The number of carbonyl (C=O) groups is 3. The molecule has 0 unspecified atom stereocenters. The van der Waals surface area contributed by atoms with Crippen molar-refractivity contribution in [1.82, 2.24) is 25.2 Å². The SMILES string of the molecule is CCCSNc1cccc(-c2nc(C(C)(C)C)sc2-c2ccnc(Nc3ccc(N4CCN(C(=O)C5CCN(c6ccccc6)CC5)CC4)cc3)n2)c1F.CNC(=O)CCCC=O. The Balaban J connectivity index is 0.000000662. The number of thiazole rings is 1. The Morgan fingerprint density at radius 2 is 1.59 bits per heavy atom. The van der Waals surface area contributed by atoms with E-state index in [0.717, 1.165) is 91.8 Å². The molecule has 3 aromatic carbocycles. The smallest absolute Gasteiger partial charge is 0.227 e. The molecule has 0 aliphatic carbocycles. The Morgan fingerprint density at radius 1 is 0.889 bits per heavy atom. The number of benzene rings is 3. The highest BCUT2D eigenvalue weighted by Crippen LogP contribution is 2.42. The Bertz CT molecular complexity index is 2250. The van der Waals surface area contributed by atoms with E-state index < -0.39 is 0 Å². The number of piperidine rings is 1. The summed E-state index contributed by atoms with van der Waals surface area (Å²) in [5.74, 6) is 1.42. The molecule has 7 rings (SSSR count). The number of amides is 2. The van der Waals surface area contributed by atoms with Gasteiger partial charge in [-0.05, 0) is 80.3 Å². The Labute approximate surface area is 379 Å². The zero-order valence-electron chi connectivity index (χ0n) is 37.0. The van der Waals surface area contributed by atoms with Crippen LogP contribution in [0.25, 0.3) is 21.8 Å². The van der Waals surface area contributed by atoms with E-state index in [1.165, 1.54) is 29.0 Å². The largest absolute Gasteiger partial charge is 0.371 e. The minimum atomic E-state index is -0.326. The maximum absolute atomic E-state index is 15.9. The maximum atomic E-state index is 15.9. The standard InChI is InChI=1S/C42H49FN8OS2.C6H11NO2/c1-5-28-53-48-34-13-9-12-33(36(34)43)37-38(54-40(47-37)42(2,3)4)35-18-21-44-41(46-35)45-30-14-16-32(17-15-30)50-24-26-51(27-25-50)39(52)29-19-22-49(23-20-29)31-10-7-6-8-11-31;1-7-6(9)4-2-3-5-8/h6-18,21,29,48H,5,19-20,22-28H2,1-4H3,(H,44,45,46);5H,2-4H2,1H3,(H,7,9). The molecular weight excluding hydrogens is 834 g/mol. The van der Waals surface area contributed by atoms with Gasteiger partial charge in [-0.25, -0.2) is 19.3 Å². The Hall–Kier alpha value is -5.54. The molecule has 63 heavy (non-hydrogen) atoms. The normalized spacial score (nSPS) is 14.4. The molecule has 2 saturated heterocycles. The maximum Gasteiger partial charge on any atom is 0.227 e. The number of aromatic nitrogens is 3. The second kappa shape index (κ2) is 22.7. The summed E-state index contributed by atoms with van der Waals surface area (Å²) in [7, 11) is 1.59. The minimum absolute atomic E-state index is 0.00292. The molecule has 3 N–H and O–H groups in total. The molecule has 15 heteroatoms. The first-order valence-corrected chi connectivity index (χ1v) is 23.7. The van der Waals surface area contributed by atoms with Crippen molar-refractivity contribution in [2.24, 2.45) is 5.92 Å². The topological polar surface area (TPSA) is 136 Å². The first-order chi connectivity index (χ1) is 30.5. The molecule has 2 amide bonds. The lowest BCUT2D eigenvalue weighted by molar-refractivity contribution is -0.136. The molecule has 0 bridgehead atoms. The molecular formula is C48H60FN9O3S2. The number of aldehydes is 1. The van der Waals surface area contributed by atoms with Crippen LogP contribution in [0.1, 0.15) is 71.2 Å². The summed E-state index contributed by atoms with van der Waals surface area (Å²) in [6.07, 6.45) is 6.94. The number of nitrogens with zero attached hydrogens (tertiary/aromatic N) is 6. The van der Waals surface area contributed by atoms with Crippen LogP contribution in [0.3, 0.4) is 0 Å². The van der Waals surface area contributed by atoms with E-state index in [0.29, 0.717) is 53.8 Å². The van der Waals surface area contributed by atoms with E-state index in [4.69, 9.17) is 9.97 Å². The highest BCUT2D eigenvalue weighted by molar-refractivity contribution is 8.00. The van der Waals surface area contributed by atoms with Crippen molar-refractivity contribution in [2.75, 3.05) is 71.9 Å². The summed E-state index contributed by atoms with van der Waals surface area (Å²) in [4.78, 5) is 55.6. The highest BCUT2D eigenvalue weighted by Gasteiger charge is 2.31. The van der Waals surface area contributed by atoms with Gasteiger partial charge in [0.1, 0.15) is 6.29 Å². The number of unbranched alkanes of at least 4 members (excludes halogenated alkanes) is 1. The molecule has 2 fully saturated rings. The molecule has 0 atom stereocenters. The number of anilines is 5. The second-order valence-corrected chi connectivity index (χ2v) is 18.5. The molecule has 2 aromatic heterocycles. The van der Waals surface area contributed by atoms with Crippen LogP contribution in [-0.4, -0.2) is 90.0 Å². The first kappa shape index (κ1) is 47.0. The predicted molar refractivity (Wildman–Crippen MR) is 257 cm³/mol. The van der Waals surface area contributed by atoms with Gasteiger partial charge in [0.25, 0.3) is 0 Å². The van der Waals surface area contributed by atoms with E-state index in [1.54, 1.807) is 25.4 Å². The zero-order valence-corrected chi connectivity index (χ0v) is 38.7. The van der Waals surface area contributed by atoms with Crippen molar-refractivity contribution in [3.63, 3.8) is 0 Å². The van der Waals surface area contributed by atoms with Crippen LogP contribution in [-0.2, 0) is 19.8 Å². The molecule has 5 aromatic rings. The fourth-order valence-electron chi connectivity index (χ4n) is 7.39. The van der Waals surface area contributed by atoms with Gasteiger partial charge >= 0.3 is 0 Å². The molecule has 0 spiro atoms. The third-order valence-electron chi connectivity index (χ3n) is 10.9. The number of para-hydroxylation sites is 1. The van der Waals surface area contributed by atoms with Crippen molar-refractivity contribution in [3.8, 4) is 21.8 Å². The summed E-state index contributed by atoms with van der Waals surface area (Å²) in [6, 6.07) is 26.0. The van der Waals surface area contributed by atoms with Crippen LogP contribution in [0, 0.1) is 11.7 Å². The zero-order chi connectivity index (χ0) is 44.8. The van der Waals surface area contributed by atoms with Gasteiger partial charge in [0.05, 0.1) is 27.0 Å². The molecule has 334 valence electrons. The number of hydrogen-bond acceptors (Lipinski definition) is 12. The minimum Gasteiger partial charge on any atom is -0.371 e. The Kier molecular flexibility index (Phi) is 16.9. The Morgan fingerprint density at radius 3 is 2.25 bits per heavy atom. The van der Waals surface area contributed by atoms with Crippen molar-refractivity contribution in [3.05, 3.63) is 95.9 Å². The average Bonchev–Trinajstić information content (AvgIpc) is 3.77. The lowest BCUT2D eigenvalue weighted by Gasteiger charge is -2.39. The molecule has 2 aliphatic rings. The van der Waals surface area contributed by atoms with Crippen LogP contribution in [0.4, 0.5) is 33.1 Å². The molecule has 12 nitrogen and oxygen atoms in total. The molecule has 4 heterocycles. The number of nitrogens with one attached hydrogen (secondary N) is 3. The third-order valence-corrected chi connectivity index (χ3v) is 13.4. The number of halogens is 1. The number of piperazine rings is 1. The van der Waals surface area contributed by atoms with Gasteiger partial charge in [-0.3, -0.25) is 9.59 Å². The summed E-state index contributed by atoms with van der Waals surface area (Å²) in [5.41, 5.74) is 5.15. The van der Waals surface area contributed by atoms with E-state index in [2.05, 4.69) is 99.1 Å². The molecule has 0 radical (unpaired) electrons. The summed E-state index contributed by atoms with van der Waals surface area (Å²) < 4.78 is 19.1. The van der Waals surface area contributed by atoms with E-state index in [-0.39, 0.29) is 23.1 Å². The fraction of sp³-hybridized carbons (Fsp3) is 0.417. The number of rotatable bonds is 15. The summed E-state index contributed by atoms with van der Waals surface area (Å²) in [5, 5.41) is 6.74. The van der Waals surface area contributed by atoms with Crippen molar-refractivity contribution in [2.45, 2.75) is 71.6 Å². The monoisotopic (exact) mass is 893 g/mol. The summed E-state index contributed by atoms with van der Waals surface area (Å²) >= 11 is 3.04. The fourth-order valence-corrected chi connectivity index (χ4v) is 9.12. The second-order valence-electron chi connectivity index (χ2n) is 16.6. The van der Waals surface area contributed by atoms with E-state index in [1.807, 2.05) is 30.3 Å².